The smallest absolute Gasteiger partial charge is 0.235 e. The highest BCUT2D eigenvalue weighted by atomic mass is 16.5. The van der Waals surface area contributed by atoms with E-state index in [9.17, 15) is 4.79 Å². The fourth-order valence-electron chi connectivity index (χ4n) is 4.33. The van der Waals surface area contributed by atoms with E-state index in [4.69, 9.17) is 4.74 Å². The molecule has 1 aromatic heterocycles. The van der Waals surface area contributed by atoms with E-state index in [-0.39, 0.29) is 5.91 Å². The van der Waals surface area contributed by atoms with Gasteiger partial charge in [0.2, 0.25) is 11.8 Å². The maximum atomic E-state index is 14.2. The number of hydrogen-bond acceptors (Lipinski definition) is 4. The molecule has 184 valence electrons. The minimum Gasteiger partial charge on any atom is -0.476 e. The van der Waals surface area contributed by atoms with Crippen molar-refractivity contribution in [3.63, 3.8) is 0 Å². The summed E-state index contributed by atoms with van der Waals surface area (Å²) in [6, 6.07) is 34.1. The summed E-state index contributed by atoms with van der Waals surface area (Å²) in [4.78, 5) is 20.6. The number of pyridine rings is 1. The van der Waals surface area contributed by atoms with E-state index in [1.54, 1.807) is 12.3 Å². The summed E-state index contributed by atoms with van der Waals surface area (Å²) in [5.74, 6) is 0.474. The van der Waals surface area contributed by atoms with Crippen molar-refractivity contribution in [2.45, 2.75) is 18.3 Å². The number of amides is 1. The van der Waals surface area contributed by atoms with Gasteiger partial charge in [0, 0.05) is 12.6 Å². The van der Waals surface area contributed by atoms with Gasteiger partial charge in [0.05, 0.1) is 17.3 Å². The molecule has 4 rings (SSSR count). The van der Waals surface area contributed by atoms with Crippen molar-refractivity contribution in [3.05, 3.63) is 126 Å². The van der Waals surface area contributed by atoms with Crippen LogP contribution >= 0.6 is 0 Å². The molecule has 5 heteroatoms. The van der Waals surface area contributed by atoms with Crippen LogP contribution in [0.2, 0.25) is 0 Å². The van der Waals surface area contributed by atoms with Crippen LogP contribution < -0.4 is 10.1 Å². The van der Waals surface area contributed by atoms with Crippen LogP contribution in [0.5, 0.6) is 5.88 Å². The molecule has 3 aromatic carbocycles. The Kier molecular flexibility index (Phi) is 8.48. The number of nitrogens with zero attached hydrogens (tertiary/aromatic N) is 2. The number of aromatic nitrogens is 1. The molecule has 5 nitrogen and oxygen atoms in total. The Morgan fingerprint density at radius 3 is 1.86 bits per heavy atom. The second-order valence-electron chi connectivity index (χ2n) is 9.26. The normalized spacial score (nSPS) is 11.3. The van der Waals surface area contributed by atoms with E-state index in [0.717, 1.165) is 23.2 Å². The molecule has 0 saturated heterocycles. The number of benzene rings is 3. The average molecular weight is 480 g/mol. The van der Waals surface area contributed by atoms with Crippen molar-refractivity contribution in [3.8, 4) is 5.88 Å². The molecular formula is C31H33N3O2. The van der Waals surface area contributed by atoms with Gasteiger partial charge in [-0.2, -0.15) is 0 Å². The number of hydrogen-bond donors (Lipinski definition) is 1. The summed E-state index contributed by atoms with van der Waals surface area (Å²) in [7, 11) is 4.00. The molecular weight excluding hydrogens is 446 g/mol. The third kappa shape index (κ3) is 6.58. The van der Waals surface area contributed by atoms with Gasteiger partial charge in [-0.25, -0.2) is 4.98 Å². The summed E-state index contributed by atoms with van der Waals surface area (Å²) in [6.45, 7) is 1.36. The van der Waals surface area contributed by atoms with Crippen molar-refractivity contribution in [2.24, 2.45) is 0 Å². The zero-order valence-electron chi connectivity index (χ0n) is 20.9. The van der Waals surface area contributed by atoms with Crippen LogP contribution in [-0.2, 0) is 23.1 Å². The number of carbonyl (C=O) groups excluding carboxylic acids is 1. The molecule has 0 radical (unpaired) electrons. The Balaban J connectivity index is 1.65. The summed E-state index contributed by atoms with van der Waals surface area (Å²) >= 11 is 0. The highest BCUT2D eigenvalue weighted by Gasteiger charge is 2.40. The first kappa shape index (κ1) is 25.1. The Bertz CT molecular complexity index is 1170. The minimum atomic E-state index is -0.815. The summed E-state index contributed by atoms with van der Waals surface area (Å²) in [5, 5.41) is 3.16. The van der Waals surface area contributed by atoms with Crippen LogP contribution in [0, 0.1) is 0 Å². The van der Waals surface area contributed by atoms with Crippen molar-refractivity contribution in [2.75, 3.05) is 32.6 Å². The largest absolute Gasteiger partial charge is 0.476 e. The summed E-state index contributed by atoms with van der Waals surface area (Å²) in [6.07, 6.45) is 2.79. The number of ether oxygens (including phenoxy) is 1. The Morgan fingerprint density at radius 1 is 0.806 bits per heavy atom. The van der Waals surface area contributed by atoms with E-state index in [1.807, 2.05) is 86.9 Å². The highest BCUT2D eigenvalue weighted by Crippen LogP contribution is 2.34. The lowest BCUT2D eigenvalue weighted by Crippen LogP contribution is -2.44. The maximum Gasteiger partial charge on any atom is 0.235 e. The predicted octanol–water partition coefficient (Wildman–Crippen LogP) is 5.38. The minimum absolute atomic E-state index is 0.0653. The Hall–Kier alpha value is -3.96. The molecule has 0 atom stereocenters. The third-order valence-corrected chi connectivity index (χ3v) is 6.24. The number of carbonyl (C=O) groups is 1. The SMILES string of the molecule is CN(C)CCOc1ccc(NC(=O)C(Cc2ccccc2)(Cc2ccccc2)c2ccccc2)cn1. The van der Waals surface area contributed by atoms with Crippen molar-refractivity contribution in [1.29, 1.82) is 0 Å². The molecule has 0 saturated carbocycles. The standard InChI is InChI=1S/C31H33N3O2/c1-34(2)20-21-36-29-19-18-28(24-32-29)33-30(35)31(27-16-10-5-11-17-27,22-25-12-6-3-7-13-25)23-26-14-8-4-9-15-26/h3-19,24H,20-23H2,1-2H3,(H,33,35). The second kappa shape index (κ2) is 12.1. The third-order valence-electron chi connectivity index (χ3n) is 6.24. The predicted molar refractivity (Wildman–Crippen MR) is 145 cm³/mol. The summed E-state index contributed by atoms with van der Waals surface area (Å²) < 4.78 is 5.71. The van der Waals surface area contributed by atoms with Crippen molar-refractivity contribution in [1.82, 2.24) is 9.88 Å². The molecule has 0 aliphatic rings. The van der Waals surface area contributed by atoms with E-state index in [0.29, 0.717) is 31.0 Å². The van der Waals surface area contributed by atoms with Gasteiger partial charge in [-0.1, -0.05) is 91.0 Å². The Morgan fingerprint density at radius 2 is 1.36 bits per heavy atom. The Labute approximate surface area is 213 Å². The van der Waals surface area contributed by atoms with Crippen LogP contribution in [0.4, 0.5) is 5.69 Å². The molecule has 0 fully saturated rings. The maximum absolute atomic E-state index is 14.2. The molecule has 4 aromatic rings. The van der Waals surface area contributed by atoms with Gasteiger partial charge < -0.3 is 15.0 Å². The van der Waals surface area contributed by atoms with Gasteiger partial charge in [0.25, 0.3) is 0 Å². The molecule has 0 aliphatic carbocycles. The van der Waals surface area contributed by atoms with Crippen molar-refractivity contribution >= 4 is 11.6 Å². The molecule has 0 aliphatic heterocycles. The molecule has 0 bridgehead atoms. The first-order valence-electron chi connectivity index (χ1n) is 12.2. The molecule has 1 N–H and O–H groups in total. The monoisotopic (exact) mass is 479 g/mol. The van der Waals surface area contributed by atoms with Gasteiger partial charge in [-0.15, -0.1) is 0 Å². The van der Waals surface area contributed by atoms with E-state index < -0.39 is 5.41 Å². The molecule has 1 amide bonds. The first-order chi connectivity index (χ1) is 17.5. The number of anilines is 1. The zero-order valence-corrected chi connectivity index (χ0v) is 20.9. The van der Waals surface area contributed by atoms with Gasteiger partial charge in [0.15, 0.2) is 0 Å². The lowest BCUT2D eigenvalue weighted by atomic mass is 9.70. The van der Waals surface area contributed by atoms with Crippen LogP contribution in [0.1, 0.15) is 16.7 Å². The molecule has 1 heterocycles. The van der Waals surface area contributed by atoms with Crippen molar-refractivity contribution < 1.29 is 9.53 Å². The van der Waals surface area contributed by atoms with Gasteiger partial charge in [-0.3, -0.25) is 4.79 Å². The van der Waals surface area contributed by atoms with E-state index >= 15 is 0 Å². The average Bonchev–Trinajstić information content (AvgIpc) is 2.91. The van der Waals surface area contributed by atoms with Crippen LogP contribution in [-0.4, -0.2) is 43.0 Å². The molecule has 36 heavy (non-hydrogen) atoms. The highest BCUT2D eigenvalue weighted by molar-refractivity contribution is 5.99. The molecule has 0 spiro atoms. The summed E-state index contributed by atoms with van der Waals surface area (Å²) in [5.41, 5.74) is 3.02. The van der Waals surface area contributed by atoms with Crippen LogP contribution in [0.3, 0.4) is 0 Å². The topological polar surface area (TPSA) is 54.5 Å². The zero-order chi connectivity index (χ0) is 25.2. The lowest BCUT2D eigenvalue weighted by molar-refractivity contribution is -0.121. The first-order valence-corrected chi connectivity index (χ1v) is 12.2. The van der Waals surface area contributed by atoms with Crippen LogP contribution in [0.15, 0.2) is 109 Å². The number of likely N-dealkylation sites (N-methyl/N-ethyl adjacent to an activating group) is 1. The fourth-order valence-corrected chi connectivity index (χ4v) is 4.33. The lowest BCUT2D eigenvalue weighted by Gasteiger charge is -2.34. The fraction of sp³-hybridized carbons (Fsp3) is 0.226. The van der Waals surface area contributed by atoms with Gasteiger partial charge >= 0.3 is 0 Å². The van der Waals surface area contributed by atoms with Gasteiger partial charge in [-0.05, 0) is 49.7 Å². The quantitative estimate of drug-likeness (QED) is 0.314. The second-order valence-corrected chi connectivity index (χ2v) is 9.26. The number of nitrogens with one attached hydrogen (secondary N) is 1. The van der Waals surface area contributed by atoms with Crippen LogP contribution in [0.25, 0.3) is 0 Å². The number of rotatable bonds is 11. The van der Waals surface area contributed by atoms with E-state index in [2.05, 4.69) is 39.5 Å². The van der Waals surface area contributed by atoms with E-state index in [1.165, 1.54) is 0 Å². The molecule has 0 unspecified atom stereocenters. The van der Waals surface area contributed by atoms with Gasteiger partial charge in [0.1, 0.15) is 6.61 Å².